The summed E-state index contributed by atoms with van der Waals surface area (Å²) >= 11 is 0. The number of ketones is 1. The van der Waals surface area contributed by atoms with Crippen LogP contribution in [0.4, 0.5) is 0 Å². The van der Waals surface area contributed by atoms with Crippen molar-refractivity contribution < 1.29 is 28.9 Å². The number of aryl methyl sites for hydroxylation is 1. The Hall–Kier alpha value is -3.32. The minimum atomic E-state index is -0.704. The van der Waals surface area contributed by atoms with Crippen LogP contribution >= 0.6 is 0 Å². The van der Waals surface area contributed by atoms with E-state index in [2.05, 4.69) is 0 Å². The number of likely N-dealkylation sites (tertiary alicyclic amines) is 1. The predicted octanol–water partition coefficient (Wildman–Crippen LogP) is 3.47. The highest BCUT2D eigenvalue weighted by Gasteiger charge is 2.45. The highest BCUT2D eigenvalue weighted by Crippen LogP contribution is 2.40. The number of ether oxygens (including phenoxy) is 3. The van der Waals surface area contributed by atoms with Crippen molar-refractivity contribution in [3.63, 3.8) is 0 Å². The van der Waals surface area contributed by atoms with Crippen molar-refractivity contribution in [1.82, 2.24) is 4.90 Å². The lowest BCUT2D eigenvalue weighted by molar-refractivity contribution is -0.140. The Morgan fingerprint density at radius 3 is 2.32 bits per heavy atom. The molecule has 1 atom stereocenters. The van der Waals surface area contributed by atoms with Crippen LogP contribution < -0.4 is 9.47 Å². The van der Waals surface area contributed by atoms with Crippen molar-refractivity contribution in [2.75, 3.05) is 34.5 Å². The van der Waals surface area contributed by atoms with Gasteiger partial charge in [-0.2, -0.15) is 0 Å². The standard InChI is InChI=1S/C24H27NO6/c1-15-14-17(8-11-19(15)31-4)22(26)20-21(16-6-9-18(30-3)10-7-16)25(12-5-13-29-2)24(28)23(20)27/h6-11,14,21,26H,5,12-13H2,1-4H3/b22-20-. The third-order valence-corrected chi connectivity index (χ3v) is 5.39. The van der Waals surface area contributed by atoms with Gasteiger partial charge in [0.1, 0.15) is 17.3 Å². The summed E-state index contributed by atoms with van der Waals surface area (Å²) in [5, 5.41) is 11.1. The Kier molecular flexibility index (Phi) is 6.97. The summed E-state index contributed by atoms with van der Waals surface area (Å²) in [7, 11) is 4.72. The fourth-order valence-electron chi connectivity index (χ4n) is 3.80. The minimum absolute atomic E-state index is 0.0668. The first-order chi connectivity index (χ1) is 14.9. The molecule has 0 spiro atoms. The third-order valence-electron chi connectivity index (χ3n) is 5.39. The van der Waals surface area contributed by atoms with E-state index in [1.54, 1.807) is 63.8 Å². The molecule has 164 valence electrons. The second-order valence-corrected chi connectivity index (χ2v) is 7.30. The molecule has 31 heavy (non-hydrogen) atoms. The van der Waals surface area contributed by atoms with E-state index in [0.717, 1.165) is 5.56 Å². The number of aliphatic hydroxyl groups is 1. The first kappa shape index (κ1) is 22.4. The zero-order valence-electron chi connectivity index (χ0n) is 18.2. The minimum Gasteiger partial charge on any atom is -0.507 e. The SMILES string of the molecule is COCCCN1C(=O)C(=O)/C(=C(\O)c2ccc(OC)c(C)c2)C1c1ccc(OC)cc1. The lowest BCUT2D eigenvalue weighted by atomic mass is 9.94. The van der Waals surface area contributed by atoms with Gasteiger partial charge < -0.3 is 24.2 Å². The van der Waals surface area contributed by atoms with Crippen LogP contribution in [0.3, 0.4) is 0 Å². The molecule has 1 heterocycles. The molecule has 2 aromatic rings. The molecule has 3 rings (SSSR count). The van der Waals surface area contributed by atoms with Crippen LogP contribution in [0.2, 0.25) is 0 Å². The van der Waals surface area contributed by atoms with Crippen molar-refractivity contribution in [2.45, 2.75) is 19.4 Å². The summed E-state index contributed by atoms with van der Waals surface area (Å²) in [5.41, 5.74) is 2.04. The molecule has 1 aliphatic rings. The van der Waals surface area contributed by atoms with Crippen molar-refractivity contribution in [3.05, 3.63) is 64.7 Å². The van der Waals surface area contributed by atoms with Gasteiger partial charge in [-0.1, -0.05) is 12.1 Å². The fourth-order valence-corrected chi connectivity index (χ4v) is 3.80. The molecule has 0 saturated carbocycles. The molecule has 0 aliphatic carbocycles. The molecule has 1 N–H and O–H groups in total. The van der Waals surface area contributed by atoms with Crippen LogP contribution in [0, 0.1) is 6.92 Å². The summed E-state index contributed by atoms with van der Waals surface area (Å²) in [4.78, 5) is 27.3. The van der Waals surface area contributed by atoms with E-state index in [0.29, 0.717) is 42.2 Å². The largest absolute Gasteiger partial charge is 0.507 e. The van der Waals surface area contributed by atoms with E-state index in [9.17, 15) is 14.7 Å². The van der Waals surface area contributed by atoms with Crippen molar-refractivity contribution >= 4 is 17.4 Å². The van der Waals surface area contributed by atoms with Crippen molar-refractivity contribution in [2.24, 2.45) is 0 Å². The van der Waals surface area contributed by atoms with E-state index in [-0.39, 0.29) is 11.3 Å². The quantitative estimate of drug-likeness (QED) is 0.302. The number of rotatable bonds is 8. The maximum atomic E-state index is 13.0. The zero-order valence-corrected chi connectivity index (χ0v) is 18.2. The zero-order chi connectivity index (χ0) is 22.5. The number of carbonyl (C=O) groups is 2. The van der Waals surface area contributed by atoms with E-state index in [1.165, 1.54) is 4.90 Å². The lowest BCUT2D eigenvalue weighted by Crippen LogP contribution is -2.31. The first-order valence-corrected chi connectivity index (χ1v) is 9.99. The second kappa shape index (κ2) is 9.66. The number of benzene rings is 2. The van der Waals surface area contributed by atoms with Gasteiger partial charge in [0.15, 0.2) is 0 Å². The van der Waals surface area contributed by atoms with Gasteiger partial charge in [0, 0.05) is 25.8 Å². The summed E-state index contributed by atoms with van der Waals surface area (Å²) in [6.45, 7) is 2.63. The number of amides is 1. The number of aliphatic hydroxyl groups excluding tert-OH is 1. The van der Waals surface area contributed by atoms with Crippen LogP contribution in [0.1, 0.15) is 29.2 Å². The van der Waals surface area contributed by atoms with E-state index < -0.39 is 17.7 Å². The monoisotopic (exact) mass is 425 g/mol. The molecule has 2 aromatic carbocycles. The number of hydrogen-bond acceptors (Lipinski definition) is 6. The molecule has 0 bridgehead atoms. The number of carbonyl (C=O) groups excluding carboxylic acids is 2. The van der Waals surface area contributed by atoms with Gasteiger partial charge in [0.2, 0.25) is 0 Å². The number of hydrogen-bond donors (Lipinski definition) is 1. The lowest BCUT2D eigenvalue weighted by Gasteiger charge is -2.25. The van der Waals surface area contributed by atoms with Crippen molar-refractivity contribution in [3.8, 4) is 11.5 Å². The van der Waals surface area contributed by atoms with Gasteiger partial charge in [0.25, 0.3) is 11.7 Å². The highest BCUT2D eigenvalue weighted by molar-refractivity contribution is 6.46. The summed E-state index contributed by atoms with van der Waals surface area (Å²) in [5.74, 6) is -0.221. The van der Waals surface area contributed by atoms with Gasteiger partial charge in [-0.25, -0.2) is 0 Å². The van der Waals surface area contributed by atoms with E-state index in [4.69, 9.17) is 14.2 Å². The van der Waals surface area contributed by atoms with Crippen LogP contribution in [0.15, 0.2) is 48.0 Å². The van der Waals surface area contributed by atoms with Gasteiger partial charge in [-0.15, -0.1) is 0 Å². The second-order valence-electron chi connectivity index (χ2n) is 7.30. The molecular weight excluding hydrogens is 398 g/mol. The van der Waals surface area contributed by atoms with Crippen LogP contribution in [0.25, 0.3) is 5.76 Å². The Bertz CT molecular complexity index is 996. The summed E-state index contributed by atoms with van der Waals surface area (Å²) < 4.78 is 15.6. The molecule has 1 aliphatic heterocycles. The number of nitrogens with zero attached hydrogens (tertiary/aromatic N) is 1. The average Bonchev–Trinajstić information content (AvgIpc) is 3.03. The summed E-state index contributed by atoms with van der Waals surface area (Å²) in [6.07, 6.45) is 0.567. The Morgan fingerprint density at radius 1 is 1.03 bits per heavy atom. The highest BCUT2D eigenvalue weighted by atomic mass is 16.5. The van der Waals surface area contributed by atoms with Crippen LogP contribution in [-0.4, -0.2) is 56.2 Å². The van der Waals surface area contributed by atoms with Crippen molar-refractivity contribution in [1.29, 1.82) is 0 Å². The van der Waals surface area contributed by atoms with Crippen LogP contribution in [-0.2, 0) is 14.3 Å². The molecule has 7 heteroatoms. The van der Waals surface area contributed by atoms with Crippen LogP contribution in [0.5, 0.6) is 11.5 Å². The van der Waals surface area contributed by atoms with Gasteiger partial charge in [0.05, 0.1) is 25.8 Å². The molecule has 7 nitrogen and oxygen atoms in total. The summed E-state index contributed by atoms with van der Waals surface area (Å²) in [6, 6.07) is 11.6. The Balaban J connectivity index is 2.11. The Morgan fingerprint density at radius 2 is 1.74 bits per heavy atom. The molecular formula is C24H27NO6. The molecule has 1 saturated heterocycles. The number of Topliss-reactive ketones (excluding diaryl/α,β-unsaturated/α-hetero) is 1. The molecule has 0 aromatic heterocycles. The van der Waals surface area contributed by atoms with E-state index >= 15 is 0 Å². The number of methoxy groups -OCH3 is 3. The van der Waals surface area contributed by atoms with Gasteiger partial charge >= 0.3 is 0 Å². The fraction of sp³-hybridized carbons (Fsp3) is 0.333. The third kappa shape index (κ3) is 4.41. The normalized spacial score (nSPS) is 17.8. The molecule has 1 unspecified atom stereocenters. The molecule has 1 amide bonds. The maximum Gasteiger partial charge on any atom is 0.295 e. The Labute approximate surface area is 181 Å². The van der Waals surface area contributed by atoms with E-state index in [1.807, 2.05) is 6.92 Å². The van der Waals surface area contributed by atoms with Gasteiger partial charge in [-0.05, 0) is 54.8 Å². The maximum absolute atomic E-state index is 13.0. The molecule has 0 radical (unpaired) electrons. The smallest absolute Gasteiger partial charge is 0.295 e. The first-order valence-electron chi connectivity index (χ1n) is 9.99. The topological polar surface area (TPSA) is 85.3 Å². The molecule has 1 fully saturated rings. The van der Waals surface area contributed by atoms with Gasteiger partial charge in [-0.3, -0.25) is 9.59 Å². The predicted molar refractivity (Wildman–Crippen MR) is 116 cm³/mol. The average molecular weight is 425 g/mol.